The summed E-state index contributed by atoms with van der Waals surface area (Å²) in [6, 6.07) is 17.7. The smallest absolute Gasteiger partial charge is 0.262 e. The minimum absolute atomic E-state index is 0.220. The number of halogens is 2. The Balaban J connectivity index is 1.45. The van der Waals surface area contributed by atoms with Gasteiger partial charge < -0.3 is 19.1 Å². The first-order chi connectivity index (χ1) is 20.9. The molecule has 0 bridgehead atoms. The van der Waals surface area contributed by atoms with Crippen molar-refractivity contribution in [2.24, 2.45) is 5.10 Å². The van der Waals surface area contributed by atoms with Crippen LogP contribution in [0.2, 0.25) is 5.02 Å². The molecule has 1 saturated heterocycles. The molecule has 0 aromatic heterocycles. The fourth-order valence-corrected chi connectivity index (χ4v) is 5.48. The first kappa shape index (κ1) is 30.5. The largest absolute Gasteiger partial charge is 0.497 e. The van der Waals surface area contributed by atoms with Gasteiger partial charge in [0, 0.05) is 44.2 Å². The van der Waals surface area contributed by atoms with Crippen LogP contribution >= 0.6 is 11.6 Å². The number of ether oxygens (including phenoxy) is 3. The van der Waals surface area contributed by atoms with Gasteiger partial charge in [-0.25, -0.2) is 9.40 Å². The minimum Gasteiger partial charge on any atom is -0.497 e. The van der Waals surface area contributed by atoms with Crippen molar-refractivity contribution in [3.63, 3.8) is 0 Å². The number of nitrogens with zero attached hydrogens (tertiary/aromatic N) is 4. The summed E-state index contributed by atoms with van der Waals surface area (Å²) in [7, 11) is 3.13. The molecule has 0 aliphatic carbocycles. The van der Waals surface area contributed by atoms with Crippen LogP contribution in [-0.4, -0.2) is 92.5 Å². The predicted molar refractivity (Wildman–Crippen MR) is 161 cm³/mol. The summed E-state index contributed by atoms with van der Waals surface area (Å²) in [5.41, 5.74) is 2.38. The molecule has 5 rings (SSSR count). The number of hydrogen-bond donors (Lipinski definition) is 0. The number of benzene rings is 3. The van der Waals surface area contributed by atoms with Crippen molar-refractivity contribution in [1.29, 1.82) is 0 Å². The third-order valence-electron chi connectivity index (χ3n) is 7.65. The topological polar surface area (TPSA) is 83.9 Å². The molecule has 0 spiro atoms. The van der Waals surface area contributed by atoms with Crippen LogP contribution in [-0.2, 0) is 9.53 Å². The summed E-state index contributed by atoms with van der Waals surface area (Å²) < 4.78 is 30.2. The lowest BCUT2D eigenvalue weighted by Gasteiger charge is -2.31. The highest BCUT2D eigenvalue weighted by atomic mass is 35.5. The highest BCUT2D eigenvalue weighted by molar-refractivity contribution is 6.33. The molecular weight excluding hydrogens is 575 g/mol. The summed E-state index contributed by atoms with van der Waals surface area (Å²) in [5.74, 6) is 0.0738. The van der Waals surface area contributed by atoms with Crippen LogP contribution in [0.15, 0.2) is 71.8 Å². The lowest BCUT2D eigenvalue weighted by atomic mass is 9.97. The molecule has 9 nitrogen and oxygen atoms in total. The van der Waals surface area contributed by atoms with E-state index in [9.17, 15) is 14.0 Å². The molecule has 0 radical (unpaired) electrons. The zero-order valence-electron chi connectivity index (χ0n) is 24.2. The van der Waals surface area contributed by atoms with Crippen molar-refractivity contribution in [2.45, 2.75) is 12.5 Å². The average molecular weight is 609 g/mol. The van der Waals surface area contributed by atoms with Gasteiger partial charge in [0.15, 0.2) is 0 Å². The van der Waals surface area contributed by atoms with Crippen LogP contribution in [0.3, 0.4) is 0 Å². The van der Waals surface area contributed by atoms with Gasteiger partial charge in [-0.2, -0.15) is 5.10 Å². The molecule has 2 aliphatic rings. The van der Waals surface area contributed by atoms with Gasteiger partial charge in [0.2, 0.25) is 0 Å². The summed E-state index contributed by atoms with van der Waals surface area (Å²) >= 11 is 6.39. The van der Waals surface area contributed by atoms with Crippen molar-refractivity contribution in [2.75, 3.05) is 60.2 Å². The van der Waals surface area contributed by atoms with Gasteiger partial charge in [0.05, 0.1) is 49.8 Å². The van der Waals surface area contributed by atoms with E-state index in [0.717, 1.165) is 18.7 Å². The van der Waals surface area contributed by atoms with Crippen LogP contribution in [0.4, 0.5) is 4.39 Å². The van der Waals surface area contributed by atoms with Crippen LogP contribution < -0.4 is 9.47 Å². The van der Waals surface area contributed by atoms with Crippen molar-refractivity contribution in [1.82, 2.24) is 14.8 Å². The van der Waals surface area contributed by atoms with Gasteiger partial charge in [-0.05, 0) is 42.0 Å². The van der Waals surface area contributed by atoms with E-state index in [1.165, 1.54) is 22.0 Å². The van der Waals surface area contributed by atoms with Crippen molar-refractivity contribution >= 4 is 29.1 Å². The van der Waals surface area contributed by atoms with Crippen LogP contribution in [0.1, 0.15) is 33.9 Å². The summed E-state index contributed by atoms with van der Waals surface area (Å²) in [6.45, 7) is 3.41. The Labute approximate surface area is 255 Å². The van der Waals surface area contributed by atoms with Gasteiger partial charge in [-0.3, -0.25) is 14.5 Å². The molecule has 0 N–H and O–H groups in total. The third-order valence-corrected chi connectivity index (χ3v) is 7.98. The molecule has 1 fully saturated rings. The van der Waals surface area contributed by atoms with Crippen molar-refractivity contribution in [3.8, 4) is 11.5 Å². The normalized spacial score (nSPS) is 17.0. The summed E-state index contributed by atoms with van der Waals surface area (Å²) in [4.78, 5) is 31.5. The van der Waals surface area contributed by atoms with Crippen LogP contribution in [0, 0.1) is 5.82 Å². The Morgan fingerprint density at radius 1 is 1.05 bits per heavy atom. The third kappa shape index (κ3) is 7.15. The van der Waals surface area contributed by atoms with Crippen molar-refractivity contribution in [3.05, 3.63) is 94.3 Å². The average Bonchev–Trinajstić information content (AvgIpc) is 3.49. The molecule has 11 heteroatoms. The van der Waals surface area contributed by atoms with Crippen LogP contribution in [0.25, 0.3) is 0 Å². The van der Waals surface area contributed by atoms with E-state index in [1.807, 2.05) is 6.07 Å². The Hall–Kier alpha value is -3.99. The molecule has 2 aliphatic heterocycles. The van der Waals surface area contributed by atoms with E-state index < -0.39 is 6.04 Å². The first-order valence-corrected chi connectivity index (χ1v) is 14.5. The maximum atomic E-state index is 14.0. The fraction of sp³-hybridized carbons (Fsp3) is 0.344. The molecule has 3 aromatic carbocycles. The fourth-order valence-electron chi connectivity index (χ4n) is 5.26. The van der Waals surface area contributed by atoms with Crippen molar-refractivity contribution < 1.29 is 28.2 Å². The zero-order chi connectivity index (χ0) is 30.3. The second kappa shape index (κ2) is 14.0. The lowest BCUT2D eigenvalue weighted by Crippen LogP contribution is -2.46. The Morgan fingerprint density at radius 3 is 2.49 bits per heavy atom. The van der Waals surface area contributed by atoms with E-state index in [-0.39, 0.29) is 24.2 Å². The number of morpholine rings is 1. The molecule has 2 heterocycles. The minimum atomic E-state index is -0.508. The predicted octanol–water partition coefficient (Wildman–Crippen LogP) is 4.65. The number of carbonyl (C=O) groups excluding carboxylic acids is 2. The van der Waals surface area contributed by atoms with E-state index >= 15 is 0 Å². The number of carbonyl (C=O) groups is 2. The Bertz CT molecular complexity index is 1480. The molecule has 1 atom stereocenters. The maximum absolute atomic E-state index is 14.0. The number of methoxy groups -OCH3 is 2. The SMILES string of the molecule is COc1ccc(C2=NN(C(=O)CN(CCN3CCOCC3)C(=O)c3ccccc3Cl)[C@@H](c3ccc(F)cc3)C2)c(OC)c1. The van der Waals surface area contributed by atoms with Gasteiger partial charge in [-0.15, -0.1) is 0 Å². The second-order valence-corrected chi connectivity index (χ2v) is 10.7. The summed E-state index contributed by atoms with van der Waals surface area (Å²) in [6.07, 6.45) is 0.367. The Kier molecular flexibility index (Phi) is 9.91. The highest BCUT2D eigenvalue weighted by Crippen LogP contribution is 2.36. The first-order valence-electron chi connectivity index (χ1n) is 14.1. The molecule has 0 unspecified atom stereocenters. The zero-order valence-corrected chi connectivity index (χ0v) is 24.9. The quantitative estimate of drug-likeness (QED) is 0.333. The molecule has 226 valence electrons. The number of rotatable bonds is 10. The molecule has 43 heavy (non-hydrogen) atoms. The van der Waals surface area contributed by atoms with Gasteiger partial charge in [0.1, 0.15) is 23.9 Å². The van der Waals surface area contributed by atoms with Crippen LogP contribution in [0.5, 0.6) is 11.5 Å². The standard InChI is InChI=1S/C32H34ClFN4O5/c1-41-24-11-12-26(30(19-24)42-2)28-20-29(22-7-9-23(34)10-8-22)38(35-28)31(39)21-37(14-13-36-15-17-43-18-16-36)32(40)25-5-3-4-6-27(25)33/h3-12,19,29H,13-18,20-21H2,1-2H3/t29-/m1/s1. The van der Waals surface area contributed by atoms with Gasteiger partial charge in [-0.1, -0.05) is 35.9 Å². The van der Waals surface area contributed by atoms with E-state index in [4.69, 9.17) is 30.9 Å². The molecule has 3 aromatic rings. The maximum Gasteiger partial charge on any atom is 0.262 e. The number of hydrogen-bond acceptors (Lipinski definition) is 7. The second-order valence-electron chi connectivity index (χ2n) is 10.3. The monoisotopic (exact) mass is 608 g/mol. The van der Waals surface area contributed by atoms with E-state index in [2.05, 4.69) is 4.90 Å². The highest BCUT2D eigenvalue weighted by Gasteiger charge is 2.35. The molecular formula is C32H34ClFN4O5. The molecule has 2 amide bonds. The Morgan fingerprint density at radius 2 is 1.79 bits per heavy atom. The summed E-state index contributed by atoms with van der Waals surface area (Å²) in [5, 5.41) is 6.46. The van der Waals surface area contributed by atoms with E-state index in [1.54, 1.807) is 62.8 Å². The number of hydrazone groups is 1. The number of amides is 2. The van der Waals surface area contributed by atoms with Gasteiger partial charge in [0.25, 0.3) is 11.8 Å². The molecule has 0 saturated carbocycles. The lowest BCUT2D eigenvalue weighted by molar-refractivity contribution is -0.133. The van der Waals surface area contributed by atoms with Gasteiger partial charge >= 0.3 is 0 Å². The van der Waals surface area contributed by atoms with E-state index in [0.29, 0.717) is 66.1 Å².